The number of carbonyl (C=O) groups excluding carboxylic acids is 1. The summed E-state index contributed by atoms with van der Waals surface area (Å²) in [6.45, 7) is 10.9. The van der Waals surface area contributed by atoms with Gasteiger partial charge in [-0.2, -0.15) is 0 Å². The lowest BCUT2D eigenvalue weighted by Crippen LogP contribution is -2.45. The molecule has 1 amide bonds. The van der Waals surface area contributed by atoms with Gasteiger partial charge >= 0.3 is 0 Å². The van der Waals surface area contributed by atoms with E-state index in [4.69, 9.17) is 0 Å². The van der Waals surface area contributed by atoms with Gasteiger partial charge < -0.3 is 16.0 Å². The Morgan fingerprint density at radius 3 is 2.46 bits per heavy atom. The van der Waals surface area contributed by atoms with E-state index in [0.717, 1.165) is 19.4 Å². The van der Waals surface area contributed by atoms with Gasteiger partial charge in [0, 0.05) is 18.1 Å². The van der Waals surface area contributed by atoms with E-state index in [0.29, 0.717) is 5.96 Å². The predicted octanol–water partition coefficient (Wildman–Crippen LogP) is 2.48. The molecule has 0 bridgehead atoms. The third-order valence-electron chi connectivity index (χ3n) is 3.33. The van der Waals surface area contributed by atoms with Gasteiger partial charge in [-0.1, -0.05) is 30.3 Å². The molecule has 0 heterocycles. The molecule has 1 atom stereocenters. The average molecular weight is 332 g/mol. The number of amides is 1. The molecule has 0 aliphatic rings. The van der Waals surface area contributed by atoms with Crippen LogP contribution in [0, 0.1) is 0 Å². The number of nitrogens with zero attached hydrogens (tertiary/aromatic N) is 1. The van der Waals surface area contributed by atoms with Crippen molar-refractivity contribution in [2.75, 3.05) is 13.1 Å². The Hall–Kier alpha value is -2.04. The highest BCUT2D eigenvalue weighted by Gasteiger charge is 2.13. The Morgan fingerprint density at radius 2 is 1.88 bits per heavy atom. The summed E-state index contributed by atoms with van der Waals surface area (Å²) in [7, 11) is 0. The monoisotopic (exact) mass is 332 g/mol. The fourth-order valence-corrected chi connectivity index (χ4v) is 2.26. The van der Waals surface area contributed by atoms with Gasteiger partial charge in [0.1, 0.15) is 6.54 Å². The molecule has 1 unspecified atom stereocenters. The first-order valence-corrected chi connectivity index (χ1v) is 8.70. The minimum Gasteiger partial charge on any atom is -0.357 e. The van der Waals surface area contributed by atoms with E-state index in [1.54, 1.807) is 0 Å². The highest BCUT2D eigenvalue weighted by molar-refractivity contribution is 5.85. The average Bonchev–Trinajstić information content (AvgIpc) is 2.50. The largest absolute Gasteiger partial charge is 0.357 e. The first kappa shape index (κ1) is 20.0. The lowest BCUT2D eigenvalue weighted by Gasteiger charge is -2.20. The highest BCUT2D eigenvalue weighted by Crippen LogP contribution is 2.04. The van der Waals surface area contributed by atoms with Crippen LogP contribution in [0.4, 0.5) is 0 Å². The second-order valence-corrected chi connectivity index (χ2v) is 7.06. The summed E-state index contributed by atoms with van der Waals surface area (Å²) in [5.41, 5.74) is 1.10. The van der Waals surface area contributed by atoms with Crippen LogP contribution >= 0.6 is 0 Å². The summed E-state index contributed by atoms with van der Waals surface area (Å²) in [5, 5.41) is 9.47. The summed E-state index contributed by atoms with van der Waals surface area (Å²) in [6, 6.07) is 10.7. The Balaban J connectivity index is 2.48. The maximum absolute atomic E-state index is 11.9. The van der Waals surface area contributed by atoms with Gasteiger partial charge in [-0.3, -0.25) is 4.79 Å². The van der Waals surface area contributed by atoms with Crippen LogP contribution in [0.1, 0.15) is 46.6 Å². The SMILES string of the molecule is CCNC(=NCC(=O)NC(C)(C)C)NC(C)CCc1ccccc1. The molecule has 1 aromatic rings. The lowest BCUT2D eigenvalue weighted by molar-refractivity contribution is -0.121. The number of aliphatic imine (C=N–C) groups is 1. The van der Waals surface area contributed by atoms with Gasteiger partial charge in [-0.05, 0) is 53.0 Å². The third kappa shape index (κ3) is 9.18. The molecule has 0 aromatic heterocycles. The zero-order valence-electron chi connectivity index (χ0n) is 15.6. The van der Waals surface area contributed by atoms with Crippen LogP contribution in [0.5, 0.6) is 0 Å². The number of hydrogen-bond acceptors (Lipinski definition) is 2. The Bertz CT molecular complexity index is 520. The number of aryl methyl sites for hydroxylation is 1. The van der Waals surface area contributed by atoms with E-state index in [1.165, 1.54) is 5.56 Å². The van der Waals surface area contributed by atoms with Gasteiger partial charge in [0.05, 0.1) is 0 Å². The molecule has 24 heavy (non-hydrogen) atoms. The van der Waals surface area contributed by atoms with Crippen molar-refractivity contribution in [3.63, 3.8) is 0 Å². The van der Waals surface area contributed by atoms with Crippen molar-refractivity contribution < 1.29 is 4.79 Å². The molecule has 0 saturated carbocycles. The Kier molecular flexibility index (Phi) is 8.30. The molecule has 3 N–H and O–H groups in total. The van der Waals surface area contributed by atoms with Crippen molar-refractivity contribution in [1.82, 2.24) is 16.0 Å². The lowest BCUT2D eigenvalue weighted by atomic mass is 10.1. The first-order valence-electron chi connectivity index (χ1n) is 8.70. The van der Waals surface area contributed by atoms with Gasteiger partial charge in [0.2, 0.25) is 5.91 Å². The number of nitrogens with one attached hydrogen (secondary N) is 3. The van der Waals surface area contributed by atoms with E-state index >= 15 is 0 Å². The summed E-state index contributed by atoms with van der Waals surface area (Å²) < 4.78 is 0. The molecular formula is C19H32N4O. The summed E-state index contributed by atoms with van der Waals surface area (Å²) in [5.74, 6) is 0.610. The molecule has 0 fully saturated rings. The van der Waals surface area contributed by atoms with Gasteiger partial charge in [-0.15, -0.1) is 0 Å². The van der Waals surface area contributed by atoms with Gasteiger partial charge in [0.25, 0.3) is 0 Å². The molecule has 134 valence electrons. The minimum absolute atomic E-state index is 0.0726. The van der Waals surface area contributed by atoms with Crippen LogP contribution in [0.15, 0.2) is 35.3 Å². The molecule has 5 heteroatoms. The fraction of sp³-hybridized carbons (Fsp3) is 0.579. The van der Waals surface area contributed by atoms with Crippen molar-refractivity contribution >= 4 is 11.9 Å². The van der Waals surface area contributed by atoms with Crippen LogP contribution in [0.2, 0.25) is 0 Å². The van der Waals surface area contributed by atoms with Crippen molar-refractivity contribution in [2.45, 2.75) is 59.0 Å². The molecule has 0 radical (unpaired) electrons. The van der Waals surface area contributed by atoms with E-state index in [2.05, 4.69) is 52.1 Å². The van der Waals surface area contributed by atoms with Crippen molar-refractivity contribution in [2.24, 2.45) is 4.99 Å². The fourth-order valence-electron chi connectivity index (χ4n) is 2.26. The maximum Gasteiger partial charge on any atom is 0.242 e. The molecule has 0 aliphatic carbocycles. The topological polar surface area (TPSA) is 65.5 Å². The van der Waals surface area contributed by atoms with Crippen molar-refractivity contribution in [1.29, 1.82) is 0 Å². The number of rotatable bonds is 7. The van der Waals surface area contributed by atoms with Crippen LogP contribution in [-0.2, 0) is 11.2 Å². The maximum atomic E-state index is 11.9. The smallest absolute Gasteiger partial charge is 0.242 e. The quantitative estimate of drug-likeness (QED) is 0.531. The molecule has 5 nitrogen and oxygen atoms in total. The first-order chi connectivity index (χ1) is 11.3. The summed E-state index contributed by atoms with van der Waals surface area (Å²) >= 11 is 0. The van der Waals surface area contributed by atoms with E-state index in [9.17, 15) is 4.79 Å². The van der Waals surface area contributed by atoms with Crippen LogP contribution in [0.3, 0.4) is 0 Å². The standard InChI is InChI=1S/C19H32N4O/c1-6-20-18(21-14-17(24)23-19(3,4)5)22-15(2)12-13-16-10-8-7-9-11-16/h7-11,15H,6,12-14H2,1-5H3,(H,23,24)(H2,20,21,22). The van der Waals surface area contributed by atoms with E-state index in [1.807, 2.05) is 33.8 Å². The van der Waals surface area contributed by atoms with E-state index < -0.39 is 0 Å². The Morgan fingerprint density at radius 1 is 1.21 bits per heavy atom. The normalized spacial score (nSPS) is 13.3. The van der Waals surface area contributed by atoms with Gasteiger partial charge in [0.15, 0.2) is 5.96 Å². The highest BCUT2D eigenvalue weighted by atomic mass is 16.2. The second-order valence-electron chi connectivity index (χ2n) is 7.06. The molecule has 0 saturated heterocycles. The van der Waals surface area contributed by atoms with Crippen molar-refractivity contribution in [3.8, 4) is 0 Å². The number of carbonyl (C=O) groups is 1. The molecule has 0 spiro atoms. The second kappa shape index (κ2) is 9.96. The molecule has 1 aromatic carbocycles. The number of guanidine groups is 1. The zero-order chi connectivity index (χ0) is 18.0. The van der Waals surface area contributed by atoms with Crippen LogP contribution in [0.25, 0.3) is 0 Å². The third-order valence-corrected chi connectivity index (χ3v) is 3.33. The number of benzene rings is 1. The van der Waals surface area contributed by atoms with Gasteiger partial charge in [-0.25, -0.2) is 4.99 Å². The summed E-state index contributed by atoms with van der Waals surface area (Å²) in [6.07, 6.45) is 2.02. The van der Waals surface area contributed by atoms with E-state index in [-0.39, 0.29) is 24.0 Å². The molecule has 1 rings (SSSR count). The minimum atomic E-state index is -0.235. The zero-order valence-corrected chi connectivity index (χ0v) is 15.6. The summed E-state index contributed by atoms with van der Waals surface area (Å²) in [4.78, 5) is 16.3. The Labute approximate surface area is 146 Å². The predicted molar refractivity (Wildman–Crippen MR) is 101 cm³/mol. The number of hydrogen-bond donors (Lipinski definition) is 3. The van der Waals surface area contributed by atoms with Crippen LogP contribution < -0.4 is 16.0 Å². The molecular weight excluding hydrogens is 300 g/mol. The van der Waals surface area contributed by atoms with Crippen LogP contribution in [-0.4, -0.2) is 36.5 Å². The molecule has 0 aliphatic heterocycles. The van der Waals surface area contributed by atoms with Crippen molar-refractivity contribution in [3.05, 3.63) is 35.9 Å².